The van der Waals surface area contributed by atoms with Crippen LogP contribution in [0.4, 0.5) is 5.69 Å². The number of rotatable bonds is 5. The van der Waals surface area contributed by atoms with Gasteiger partial charge in [-0.3, -0.25) is 9.78 Å². The number of nitrogens with one attached hydrogen (secondary N) is 2. The SMILES string of the molecule is CC(NCC(=O)Nc1ccccc1Cl)c1ccncc1. The van der Waals surface area contributed by atoms with Crippen LogP contribution in [0.1, 0.15) is 18.5 Å². The molecule has 1 heterocycles. The number of benzene rings is 1. The molecule has 20 heavy (non-hydrogen) atoms. The molecule has 1 atom stereocenters. The van der Waals surface area contributed by atoms with Crippen LogP contribution < -0.4 is 10.6 Å². The summed E-state index contributed by atoms with van der Waals surface area (Å²) in [6, 6.07) is 11.1. The van der Waals surface area contributed by atoms with Crippen LogP contribution >= 0.6 is 11.6 Å². The summed E-state index contributed by atoms with van der Waals surface area (Å²) in [5.41, 5.74) is 1.71. The minimum Gasteiger partial charge on any atom is -0.324 e. The molecule has 1 unspecified atom stereocenters. The number of amides is 1. The first-order valence-corrected chi connectivity index (χ1v) is 6.72. The van der Waals surface area contributed by atoms with Crippen molar-refractivity contribution >= 4 is 23.2 Å². The maximum absolute atomic E-state index is 11.9. The van der Waals surface area contributed by atoms with Gasteiger partial charge < -0.3 is 10.6 Å². The Balaban J connectivity index is 1.85. The van der Waals surface area contributed by atoms with Crippen molar-refractivity contribution in [3.8, 4) is 0 Å². The molecule has 0 spiro atoms. The predicted molar refractivity (Wildman–Crippen MR) is 80.7 cm³/mol. The van der Waals surface area contributed by atoms with Crippen molar-refractivity contribution in [3.05, 3.63) is 59.4 Å². The van der Waals surface area contributed by atoms with Gasteiger partial charge in [-0.1, -0.05) is 23.7 Å². The molecule has 4 nitrogen and oxygen atoms in total. The van der Waals surface area contributed by atoms with Crippen LogP contribution in [-0.4, -0.2) is 17.4 Å². The fraction of sp³-hybridized carbons (Fsp3) is 0.200. The highest BCUT2D eigenvalue weighted by Crippen LogP contribution is 2.20. The van der Waals surface area contributed by atoms with Crippen molar-refractivity contribution in [1.29, 1.82) is 0 Å². The van der Waals surface area contributed by atoms with E-state index in [1.165, 1.54) is 0 Å². The largest absolute Gasteiger partial charge is 0.324 e. The quantitative estimate of drug-likeness (QED) is 0.889. The van der Waals surface area contributed by atoms with E-state index >= 15 is 0 Å². The minimum atomic E-state index is -0.126. The number of hydrogen-bond donors (Lipinski definition) is 2. The number of aromatic nitrogens is 1. The fourth-order valence-corrected chi connectivity index (χ4v) is 1.96. The molecule has 0 bridgehead atoms. The average molecular weight is 290 g/mol. The molecule has 1 aromatic heterocycles. The zero-order chi connectivity index (χ0) is 14.4. The number of nitrogens with zero attached hydrogens (tertiary/aromatic N) is 1. The summed E-state index contributed by atoms with van der Waals surface area (Å²) in [5, 5.41) is 6.46. The van der Waals surface area contributed by atoms with E-state index < -0.39 is 0 Å². The third-order valence-electron chi connectivity index (χ3n) is 2.92. The maximum Gasteiger partial charge on any atom is 0.238 e. The Labute approximate surface area is 123 Å². The molecule has 0 aliphatic carbocycles. The van der Waals surface area contributed by atoms with E-state index in [1.54, 1.807) is 24.5 Å². The minimum absolute atomic E-state index is 0.0787. The number of carbonyl (C=O) groups excluding carboxylic acids is 1. The second-order valence-electron chi connectivity index (χ2n) is 4.41. The van der Waals surface area contributed by atoms with Gasteiger partial charge >= 0.3 is 0 Å². The summed E-state index contributed by atoms with van der Waals surface area (Å²) in [7, 11) is 0. The molecule has 0 radical (unpaired) electrons. The molecule has 0 saturated carbocycles. The molecule has 0 aliphatic rings. The lowest BCUT2D eigenvalue weighted by Gasteiger charge is -2.14. The number of anilines is 1. The van der Waals surface area contributed by atoms with E-state index in [-0.39, 0.29) is 18.5 Å². The second-order valence-corrected chi connectivity index (χ2v) is 4.82. The molecule has 5 heteroatoms. The third kappa shape index (κ3) is 4.05. The first kappa shape index (κ1) is 14.5. The summed E-state index contributed by atoms with van der Waals surface area (Å²) in [4.78, 5) is 15.8. The molecule has 2 aromatic rings. The van der Waals surface area contributed by atoms with Crippen LogP contribution in [0.25, 0.3) is 0 Å². The Bertz CT molecular complexity index is 574. The zero-order valence-electron chi connectivity index (χ0n) is 11.1. The smallest absolute Gasteiger partial charge is 0.238 e. The average Bonchev–Trinajstić information content (AvgIpc) is 2.48. The first-order valence-electron chi connectivity index (χ1n) is 6.34. The van der Waals surface area contributed by atoms with Crippen LogP contribution in [-0.2, 0) is 4.79 Å². The topological polar surface area (TPSA) is 54.0 Å². The summed E-state index contributed by atoms with van der Waals surface area (Å²) in [6.45, 7) is 2.22. The molecule has 0 fully saturated rings. The number of hydrogen-bond acceptors (Lipinski definition) is 3. The Morgan fingerprint density at radius 2 is 1.95 bits per heavy atom. The van der Waals surface area contributed by atoms with E-state index in [0.717, 1.165) is 5.56 Å². The molecular weight excluding hydrogens is 274 g/mol. The van der Waals surface area contributed by atoms with E-state index in [4.69, 9.17) is 11.6 Å². The van der Waals surface area contributed by atoms with Crippen LogP contribution in [0.3, 0.4) is 0 Å². The number of carbonyl (C=O) groups is 1. The van der Waals surface area contributed by atoms with Gasteiger partial charge in [-0.25, -0.2) is 0 Å². The molecule has 0 aliphatic heterocycles. The molecule has 1 aromatic carbocycles. The lowest BCUT2D eigenvalue weighted by molar-refractivity contribution is -0.115. The molecule has 0 saturated heterocycles. The first-order chi connectivity index (χ1) is 9.66. The number of para-hydroxylation sites is 1. The summed E-state index contributed by atoms with van der Waals surface area (Å²) >= 11 is 5.98. The normalized spacial score (nSPS) is 11.9. The maximum atomic E-state index is 11.9. The molecule has 2 N–H and O–H groups in total. The van der Waals surface area contributed by atoms with Gasteiger partial charge in [0.1, 0.15) is 0 Å². The van der Waals surface area contributed by atoms with Crippen LogP contribution in [0, 0.1) is 0 Å². The Morgan fingerprint density at radius 1 is 1.25 bits per heavy atom. The Hall–Kier alpha value is -1.91. The van der Waals surface area contributed by atoms with Crippen LogP contribution in [0.15, 0.2) is 48.8 Å². The van der Waals surface area contributed by atoms with Gasteiger partial charge in [-0.05, 0) is 36.8 Å². The monoisotopic (exact) mass is 289 g/mol. The van der Waals surface area contributed by atoms with Crippen molar-refractivity contribution in [2.45, 2.75) is 13.0 Å². The zero-order valence-corrected chi connectivity index (χ0v) is 11.9. The van der Waals surface area contributed by atoms with Crippen molar-refractivity contribution in [3.63, 3.8) is 0 Å². The molecule has 104 valence electrons. The van der Waals surface area contributed by atoms with E-state index in [2.05, 4.69) is 15.6 Å². The van der Waals surface area contributed by atoms with Gasteiger partial charge in [0.25, 0.3) is 0 Å². The number of pyridine rings is 1. The number of halogens is 1. The van der Waals surface area contributed by atoms with Gasteiger partial charge in [0.05, 0.1) is 17.3 Å². The van der Waals surface area contributed by atoms with Crippen LogP contribution in [0.2, 0.25) is 5.02 Å². The van der Waals surface area contributed by atoms with E-state index in [9.17, 15) is 4.79 Å². The molecule has 2 rings (SSSR count). The highest BCUT2D eigenvalue weighted by atomic mass is 35.5. The van der Waals surface area contributed by atoms with Gasteiger partial charge in [-0.15, -0.1) is 0 Å². The molecular formula is C15H16ClN3O. The van der Waals surface area contributed by atoms with Gasteiger partial charge in [0, 0.05) is 18.4 Å². The lowest BCUT2D eigenvalue weighted by Crippen LogP contribution is -2.30. The Morgan fingerprint density at radius 3 is 2.65 bits per heavy atom. The second kappa shape index (κ2) is 7.03. The van der Waals surface area contributed by atoms with E-state index in [1.807, 2.05) is 31.2 Å². The van der Waals surface area contributed by atoms with E-state index in [0.29, 0.717) is 10.7 Å². The van der Waals surface area contributed by atoms with Gasteiger partial charge in [-0.2, -0.15) is 0 Å². The van der Waals surface area contributed by atoms with Crippen LogP contribution in [0.5, 0.6) is 0 Å². The predicted octanol–water partition coefficient (Wildman–Crippen LogP) is 3.02. The fourth-order valence-electron chi connectivity index (χ4n) is 1.77. The highest BCUT2D eigenvalue weighted by molar-refractivity contribution is 6.33. The summed E-state index contributed by atoms with van der Waals surface area (Å²) in [6.07, 6.45) is 3.47. The van der Waals surface area contributed by atoms with Crippen molar-refractivity contribution in [1.82, 2.24) is 10.3 Å². The summed E-state index contributed by atoms with van der Waals surface area (Å²) < 4.78 is 0. The Kier molecular flexibility index (Phi) is 5.09. The van der Waals surface area contributed by atoms with Crippen molar-refractivity contribution in [2.24, 2.45) is 0 Å². The third-order valence-corrected chi connectivity index (χ3v) is 3.25. The summed E-state index contributed by atoms with van der Waals surface area (Å²) in [5.74, 6) is -0.126. The standard InChI is InChI=1S/C15H16ClN3O/c1-11(12-6-8-17-9-7-12)18-10-15(20)19-14-5-3-2-4-13(14)16/h2-9,11,18H,10H2,1H3,(H,19,20). The lowest BCUT2D eigenvalue weighted by atomic mass is 10.1. The van der Waals surface area contributed by atoms with Gasteiger partial charge in [0.2, 0.25) is 5.91 Å². The van der Waals surface area contributed by atoms with Gasteiger partial charge in [0.15, 0.2) is 0 Å². The van der Waals surface area contributed by atoms with Crippen molar-refractivity contribution < 1.29 is 4.79 Å². The highest BCUT2D eigenvalue weighted by Gasteiger charge is 2.08. The van der Waals surface area contributed by atoms with Crippen molar-refractivity contribution in [2.75, 3.05) is 11.9 Å². The molecule has 1 amide bonds.